The van der Waals surface area contributed by atoms with Crippen LogP contribution in [-0.4, -0.2) is 34.9 Å². The van der Waals surface area contributed by atoms with Gasteiger partial charge in [0.25, 0.3) is 0 Å². The molecule has 1 fully saturated rings. The first-order valence-corrected chi connectivity index (χ1v) is 9.30. The van der Waals surface area contributed by atoms with Gasteiger partial charge in [0.05, 0.1) is 22.8 Å². The molecule has 1 aliphatic carbocycles. The van der Waals surface area contributed by atoms with Crippen molar-refractivity contribution in [3.05, 3.63) is 29.3 Å². The molecule has 23 heavy (non-hydrogen) atoms. The highest BCUT2D eigenvalue weighted by Gasteiger charge is 2.23. The Hall–Kier alpha value is -1.46. The average molecular weight is 331 g/mol. The second-order valence-corrected chi connectivity index (χ2v) is 7.63. The molecule has 1 heterocycles. The number of para-hydroxylation sites is 1. The molecule has 1 aromatic carbocycles. The zero-order chi connectivity index (χ0) is 16.2. The third-order valence-corrected chi connectivity index (χ3v) is 5.74. The second-order valence-electron chi connectivity index (χ2n) is 6.51. The Kier molecular flexibility index (Phi) is 5.28. The minimum atomic E-state index is -0.135. The Balaban J connectivity index is 1.57. The monoisotopic (exact) mass is 331 g/mol. The van der Waals surface area contributed by atoms with Crippen LogP contribution in [0.4, 0.5) is 0 Å². The van der Waals surface area contributed by atoms with Crippen molar-refractivity contribution in [1.29, 1.82) is 0 Å². The van der Waals surface area contributed by atoms with Gasteiger partial charge in [-0.05, 0) is 38.9 Å². The highest BCUT2D eigenvalue weighted by molar-refractivity contribution is 7.18. The Morgan fingerprint density at radius 1 is 1.35 bits per heavy atom. The van der Waals surface area contributed by atoms with Crippen LogP contribution in [0.25, 0.3) is 10.2 Å². The number of thiazole rings is 1. The van der Waals surface area contributed by atoms with Crippen molar-refractivity contribution in [3.8, 4) is 0 Å². The maximum absolute atomic E-state index is 12.4. The van der Waals surface area contributed by atoms with E-state index in [1.807, 2.05) is 32.2 Å². The predicted molar refractivity (Wildman–Crippen MR) is 95.6 cm³/mol. The molecule has 4 nitrogen and oxygen atoms in total. The van der Waals surface area contributed by atoms with Crippen LogP contribution in [0, 0.1) is 0 Å². The summed E-state index contributed by atoms with van der Waals surface area (Å²) in [4.78, 5) is 19.2. The van der Waals surface area contributed by atoms with E-state index in [9.17, 15) is 4.79 Å². The molecule has 0 aliphatic heterocycles. The zero-order valence-corrected chi connectivity index (χ0v) is 14.7. The van der Waals surface area contributed by atoms with Gasteiger partial charge in [0, 0.05) is 6.04 Å². The van der Waals surface area contributed by atoms with Crippen LogP contribution in [0.5, 0.6) is 0 Å². The highest BCUT2D eigenvalue weighted by Crippen LogP contribution is 2.23. The molecule has 1 atom stereocenters. The predicted octanol–water partition coefficient (Wildman–Crippen LogP) is 3.57. The van der Waals surface area contributed by atoms with Crippen molar-refractivity contribution >= 4 is 27.5 Å². The topological polar surface area (TPSA) is 45.2 Å². The molecule has 1 saturated carbocycles. The minimum Gasteiger partial charge on any atom is -0.352 e. The van der Waals surface area contributed by atoms with Crippen molar-refractivity contribution in [3.63, 3.8) is 0 Å². The summed E-state index contributed by atoms with van der Waals surface area (Å²) in [6, 6.07) is 8.41. The maximum atomic E-state index is 12.4. The summed E-state index contributed by atoms with van der Waals surface area (Å²) in [6.07, 6.45) is 6.03. The molecule has 3 rings (SSSR count). The van der Waals surface area contributed by atoms with Gasteiger partial charge in [-0.3, -0.25) is 9.69 Å². The van der Waals surface area contributed by atoms with Crippen LogP contribution in [0.1, 0.15) is 44.0 Å². The van der Waals surface area contributed by atoms with Gasteiger partial charge >= 0.3 is 0 Å². The summed E-state index contributed by atoms with van der Waals surface area (Å²) in [5.74, 6) is 0.139. The molecule has 0 bridgehead atoms. The van der Waals surface area contributed by atoms with E-state index in [0.717, 1.165) is 23.4 Å². The van der Waals surface area contributed by atoms with Crippen molar-refractivity contribution in [2.45, 2.75) is 57.7 Å². The average Bonchev–Trinajstić information content (AvgIpc) is 2.97. The summed E-state index contributed by atoms with van der Waals surface area (Å²) >= 11 is 1.71. The van der Waals surface area contributed by atoms with Crippen molar-refractivity contribution in [2.75, 3.05) is 7.05 Å². The lowest BCUT2D eigenvalue weighted by atomic mass is 9.95. The highest BCUT2D eigenvalue weighted by atomic mass is 32.1. The molecule has 0 unspecified atom stereocenters. The van der Waals surface area contributed by atoms with E-state index in [4.69, 9.17) is 0 Å². The molecule has 1 aliphatic rings. The number of carbonyl (C=O) groups excluding carboxylic acids is 1. The number of aromatic nitrogens is 1. The first kappa shape index (κ1) is 16.4. The molecule has 5 heteroatoms. The van der Waals surface area contributed by atoms with Crippen LogP contribution >= 0.6 is 11.3 Å². The fourth-order valence-electron chi connectivity index (χ4n) is 3.11. The summed E-state index contributed by atoms with van der Waals surface area (Å²) in [5, 5.41) is 4.28. The Morgan fingerprint density at radius 2 is 2.09 bits per heavy atom. The van der Waals surface area contributed by atoms with Gasteiger partial charge in [-0.2, -0.15) is 0 Å². The smallest absolute Gasteiger partial charge is 0.237 e. The van der Waals surface area contributed by atoms with Crippen LogP contribution in [0.2, 0.25) is 0 Å². The number of carbonyl (C=O) groups is 1. The summed E-state index contributed by atoms with van der Waals surface area (Å²) in [5.41, 5.74) is 1.04. The first-order valence-electron chi connectivity index (χ1n) is 8.48. The lowest BCUT2D eigenvalue weighted by molar-refractivity contribution is -0.126. The van der Waals surface area contributed by atoms with Gasteiger partial charge in [-0.25, -0.2) is 4.98 Å². The quantitative estimate of drug-likeness (QED) is 0.911. The third-order valence-electron chi connectivity index (χ3n) is 4.71. The number of rotatable bonds is 5. The van der Waals surface area contributed by atoms with Crippen molar-refractivity contribution in [1.82, 2.24) is 15.2 Å². The maximum Gasteiger partial charge on any atom is 0.237 e. The lowest BCUT2D eigenvalue weighted by Gasteiger charge is -2.28. The Bertz CT molecular complexity index is 630. The lowest BCUT2D eigenvalue weighted by Crippen LogP contribution is -2.47. The normalized spacial score (nSPS) is 17.5. The molecule has 1 N–H and O–H groups in total. The van der Waals surface area contributed by atoms with Gasteiger partial charge in [-0.1, -0.05) is 31.4 Å². The number of fused-ring (bicyclic) bond motifs is 1. The van der Waals surface area contributed by atoms with Gasteiger partial charge in [0.2, 0.25) is 5.91 Å². The van der Waals surface area contributed by atoms with E-state index in [2.05, 4.69) is 21.3 Å². The number of nitrogens with one attached hydrogen (secondary N) is 1. The Labute approximate surface area is 141 Å². The molecule has 124 valence electrons. The van der Waals surface area contributed by atoms with E-state index in [-0.39, 0.29) is 11.9 Å². The number of hydrogen-bond donors (Lipinski definition) is 1. The van der Waals surface area contributed by atoms with Crippen molar-refractivity contribution < 1.29 is 4.79 Å². The largest absolute Gasteiger partial charge is 0.352 e. The van der Waals surface area contributed by atoms with Gasteiger partial charge in [0.1, 0.15) is 5.01 Å². The van der Waals surface area contributed by atoms with Gasteiger partial charge in [0.15, 0.2) is 0 Å². The third kappa shape index (κ3) is 4.09. The van der Waals surface area contributed by atoms with Crippen LogP contribution < -0.4 is 5.32 Å². The number of likely N-dealkylation sites (N-methyl/N-ethyl adjacent to an activating group) is 1. The standard InChI is InChI=1S/C18H25N3OS/c1-13(18(22)19-14-8-4-3-5-9-14)21(2)12-17-20-15-10-6-7-11-16(15)23-17/h6-7,10-11,13-14H,3-5,8-9,12H2,1-2H3,(H,19,22)/t13-/m0/s1. The number of hydrogen-bond acceptors (Lipinski definition) is 4. The second kappa shape index (κ2) is 7.41. The Morgan fingerprint density at radius 3 is 2.83 bits per heavy atom. The van der Waals surface area contributed by atoms with E-state index < -0.39 is 0 Å². The number of benzene rings is 1. The van der Waals surface area contributed by atoms with E-state index in [1.54, 1.807) is 11.3 Å². The molecular weight excluding hydrogens is 306 g/mol. The molecule has 0 spiro atoms. The molecule has 1 aromatic heterocycles. The van der Waals surface area contributed by atoms with E-state index >= 15 is 0 Å². The van der Waals surface area contributed by atoms with E-state index in [1.165, 1.54) is 24.0 Å². The molecule has 0 saturated heterocycles. The summed E-state index contributed by atoms with van der Waals surface area (Å²) in [7, 11) is 2.00. The fourth-order valence-corrected chi connectivity index (χ4v) is 4.14. The molecule has 1 amide bonds. The minimum absolute atomic E-state index is 0.135. The number of nitrogens with zero attached hydrogens (tertiary/aromatic N) is 2. The summed E-state index contributed by atoms with van der Waals surface area (Å²) in [6.45, 7) is 2.68. The molecule has 2 aromatic rings. The SMILES string of the molecule is C[C@@H](C(=O)NC1CCCCC1)N(C)Cc1nc2ccccc2s1. The first-order chi connectivity index (χ1) is 11.1. The zero-order valence-electron chi connectivity index (χ0n) is 13.9. The van der Waals surface area contributed by atoms with Crippen LogP contribution in [-0.2, 0) is 11.3 Å². The molecular formula is C18H25N3OS. The van der Waals surface area contributed by atoms with Gasteiger partial charge < -0.3 is 5.32 Å². The summed E-state index contributed by atoms with van der Waals surface area (Å²) < 4.78 is 1.20. The van der Waals surface area contributed by atoms with Gasteiger partial charge in [-0.15, -0.1) is 11.3 Å². The van der Waals surface area contributed by atoms with Crippen molar-refractivity contribution in [2.24, 2.45) is 0 Å². The van der Waals surface area contributed by atoms with E-state index in [0.29, 0.717) is 12.6 Å². The van der Waals surface area contributed by atoms with Crippen LogP contribution in [0.3, 0.4) is 0 Å². The number of amides is 1. The molecule has 0 radical (unpaired) electrons. The fraction of sp³-hybridized carbons (Fsp3) is 0.556. The van der Waals surface area contributed by atoms with Crippen LogP contribution in [0.15, 0.2) is 24.3 Å².